The largest absolute Gasteiger partial charge is 0.493 e. The maximum atomic E-state index is 12.6. The fourth-order valence-corrected chi connectivity index (χ4v) is 3.40. The Morgan fingerprint density at radius 1 is 1.28 bits per heavy atom. The predicted octanol–water partition coefficient (Wildman–Crippen LogP) is 3.24. The molecule has 1 aliphatic carbocycles. The van der Waals surface area contributed by atoms with Crippen molar-refractivity contribution in [2.45, 2.75) is 58.6 Å². The average molecular weight is 408 g/mol. The Morgan fingerprint density at radius 2 is 1.97 bits per heavy atom. The van der Waals surface area contributed by atoms with Gasteiger partial charge in [-0.05, 0) is 32.6 Å². The van der Waals surface area contributed by atoms with E-state index in [1.54, 1.807) is 6.92 Å². The number of nitro benzene ring substituents is 1. The SMILES string of the molecule is CCOc1cc([N+](=O)[O-])c(C(=O)O[C@H](C)C(=O)N[C@H]2CCCC[C@@H]2C)cc1OC. The minimum absolute atomic E-state index is 0.0392. The summed E-state index contributed by atoms with van der Waals surface area (Å²) in [7, 11) is 1.36. The number of carbonyl (C=O) groups excluding carboxylic acids is 2. The van der Waals surface area contributed by atoms with Gasteiger partial charge in [0.25, 0.3) is 11.6 Å². The summed E-state index contributed by atoms with van der Waals surface area (Å²) in [6.07, 6.45) is 3.02. The molecular formula is C20H28N2O7. The van der Waals surface area contributed by atoms with Gasteiger partial charge < -0.3 is 19.5 Å². The molecular weight excluding hydrogens is 380 g/mol. The molecule has 1 aliphatic rings. The first-order valence-corrected chi connectivity index (χ1v) is 9.79. The average Bonchev–Trinajstić information content (AvgIpc) is 2.69. The Kier molecular flexibility index (Phi) is 7.81. The minimum Gasteiger partial charge on any atom is -0.493 e. The van der Waals surface area contributed by atoms with Crippen molar-refractivity contribution in [2.75, 3.05) is 13.7 Å². The molecule has 0 radical (unpaired) electrons. The molecule has 2 rings (SSSR count). The summed E-state index contributed by atoms with van der Waals surface area (Å²) in [6, 6.07) is 2.35. The Labute approximate surface area is 169 Å². The highest BCUT2D eigenvalue weighted by molar-refractivity contribution is 5.96. The van der Waals surface area contributed by atoms with Crippen molar-refractivity contribution in [1.29, 1.82) is 0 Å². The van der Waals surface area contributed by atoms with E-state index in [2.05, 4.69) is 12.2 Å². The number of carbonyl (C=O) groups is 2. The van der Waals surface area contributed by atoms with Crippen molar-refractivity contribution in [2.24, 2.45) is 5.92 Å². The van der Waals surface area contributed by atoms with Crippen LogP contribution in [0, 0.1) is 16.0 Å². The Hall–Kier alpha value is -2.84. The highest BCUT2D eigenvalue weighted by Gasteiger charge is 2.30. The van der Waals surface area contributed by atoms with Crippen LogP contribution in [0.1, 0.15) is 56.8 Å². The lowest BCUT2D eigenvalue weighted by Crippen LogP contribution is -2.46. The molecule has 0 aromatic heterocycles. The van der Waals surface area contributed by atoms with Crippen LogP contribution in [0.5, 0.6) is 11.5 Å². The Bertz CT molecular complexity index is 765. The molecule has 1 aromatic rings. The first-order valence-electron chi connectivity index (χ1n) is 9.79. The number of methoxy groups -OCH3 is 1. The molecule has 1 fully saturated rings. The van der Waals surface area contributed by atoms with Gasteiger partial charge in [0.05, 0.1) is 24.7 Å². The normalized spacial score (nSPS) is 19.7. The predicted molar refractivity (Wildman–Crippen MR) is 105 cm³/mol. The summed E-state index contributed by atoms with van der Waals surface area (Å²) < 4.78 is 15.7. The lowest BCUT2D eigenvalue weighted by atomic mass is 9.86. The lowest BCUT2D eigenvalue weighted by Gasteiger charge is -2.30. The third-order valence-electron chi connectivity index (χ3n) is 5.09. The van der Waals surface area contributed by atoms with Gasteiger partial charge in [0.2, 0.25) is 0 Å². The van der Waals surface area contributed by atoms with E-state index >= 15 is 0 Å². The maximum Gasteiger partial charge on any atom is 0.346 e. The number of esters is 1. The van der Waals surface area contributed by atoms with E-state index in [9.17, 15) is 19.7 Å². The monoisotopic (exact) mass is 408 g/mol. The van der Waals surface area contributed by atoms with Crippen molar-refractivity contribution in [3.8, 4) is 11.5 Å². The molecule has 1 saturated carbocycles. The third kappa shape index (κ3) is 5.58. The van der Waals surface area contributed by atoms with Gasteiger partial charge >= 0.3 is 5.97 Å². The van der Waals surface area contributed by atoms with Crippen LogP contribution >= 0.6 is 0 Å². The second kappa shape index (κ2) is 10.1. The molecule has 1 aromatic carbocycles. The molecule has 0 aliphatic heterocycles. The van der Waals surface area contributed by atoms with E-state index in [4.69, 9.17) is 14.2 Å². The van der Waals surface area contributed by atoms with Gasteiger partial charge in [0.1, 0.15) is 5.56 Å². The number of amides is 1. The highest BCUT2D eigenvalue weighted by Crippen LogP contribution is 2.35. The van der Waals surface area contributed by atoms with Crippen molar-refractivity contribution in [3.05, 3.63) is 27.8 Å². The molecule has 0 saturated heterocycles. The summed E-state index contributed by atoms with van der Waals surface area (Å²) in [5.41, 5.74) is -0.784. The highest BCUT2D eigenvalue weighted by atomic mass is 16.6. The molecule has 1 amide bonds. The van der Waals surface area contributed by atoms with Crippen LogP contribution in [0.25, 0.3) is 0 Å². The smallest absolute Gasteiger partial charge is 0.346 e. The number of ether oxygens (including phenoxy) is 3. The van der Waals surface area contributed by atoms with Crippen LogP contribution in [0.15, 0.2) is 12.1 Å². The molecule has 1 N–H and O–H groups in total. The number of hydrogen-bond acceptors (Lipinski definition) is 7. The number of nitrogens with zero attached hydrogens (tertiary/aromatic N) is 1. The van der Waals surface area contributed by atoms with Crippen LogP contribution in [-0.2, 0) is 9.53 Å². The molecule has 0 spiro atoms. The maximum absolute atomic E-state index is 12.6. The third-order valence-corrected chi connectivity index (χ3v) is 5.09. The molecule has 9 heteroatoms. The van der Waals surface area contributed by atoms with Gasteiger partial charge in [-0.15, -0.1) is 0 Å². The van der Waals surface area contributed by atoms with Gasteiger partial charge in [-0.25, -0.2) is 4.79 Å². The minimum atomic E-state index is -1.09. The summed E-state index contributed by atoms with van der Waals surface area (Å²) in [5.74, 6) is -0.727. The quantitative estimate of drug-likeness (QED) is 0.399. The standard InChI is InChI=1S/C20H28N2O7/c1-5-28-18-11-16(22(25)26)14(10-17(18)27-4)20(24)29-13(3)19(23)21-15-9-7-6-8-12(15)2/h10-13,15H,5-9H2,1-4H3,(H,21,23)/t12-,13+,15-/m0/s1. The van der Waals surface area contributed by atoms with E-state index < -0.39 is 28.6 Å². The van der Waals surface area contributed by atoms with Crippen LogP contribution in [-0.4, -0.2) is 42.7 Å². The molecule has 160 valence electrons. The molecule has 9 nitrogen and oxygen atoms in total. The van der Waals surface area contributed by atoms with Crippen molar-refractivity contribution in [1.82, 2.24) is 5.32 Å². The molecule has 3 atom stereocenters. The summed E-state index contributed by atoms with van der Waals surface area (Å²) in [5, 5.41) is 14.3. The molecule has 0 heterocycles. The van der Waals surface area contributed by atoms with Crippen molar-refractivity contribution >= 4 is 17.6 Å². The fraction of sp³-hybridized carbons (Fsp3) is 0.600. The number of nitro groups is 1. The first kappa shape index (κ1) is 22.4. The fourth-order valence-electron chi connectivity index (χ4n) is 3.40. The zero-order valence-corrected chi connectivity index (χ0v) is 17.2. The lowest BCUT2D eigenvalue weighted by molar-refractivity contribution is -0.385. The van der Waals surface area contributed by atoms with Gasteiger partial charge in [0, 0.05) is 12.1 Å². The summed E-state index contributed by atoms with van der Waals surface area (Å²) >= 11 is 0. The first-order chi connectivity index (χ1) is 13.8. The van der Waals surface area contributed by atoms with Crippen LogP contribution in [0.3, 0.4) is 0 Å². The molecule has 29 heavy (non-hydrogen) atoms. The topological polar surface area (TPSA) is 117 Å². The van der Waals surface area contributed by atoms with E-state index in [0.29, 0.717) is 5.92 Å². The Morgan fingerprint density at radius 3 is 2.55 bits per heavy atom. The number of hydrogen-bond donors (Lipinski definition) is 1. The second-order valence-corrected chi connectivity index (χ2v) is 7.13. The van der Waals surface area contributed by atoms with Gasteiger partial charge in [-0.1, -0.05) is 19.8 Å². The van der Waals surface area contributed by atoms with E-state index in [-0.39, 0.29) is 29.7 Å². The zero-order chi connectivity index (χ0) is 21.6. The molecule has 0 unspecified atom stereocenters. The van der Waals surface area contributed by atoms with Crippen LogP contribution < -0.4 is 14.8 Å². The zero-order valence-electron chi connectivity index (χ0n) is 17.2. The van der Waals surface area contributed by atoms with Crippen LogP contribution in [0.4, 0.5) is 5.69 Å². The summed E-state index contributed by atoms with van der Waals surface area (Å²) in [6.45, 7) is 5.52. The van der Waals surface area contributed by atoms with E-state index in [0.717, 1.165) is 31.7 Å². The molecule has 0 bridgehead atoms. The summed E-state index contributed by atoms with van der Waals surface area (Å²) in [4.78, 5) is 35.7. The second-order valence-electron chi connectivity index (χ2n) is 7.13. The van der Waals surface area contributed by atoms with Crippen LogP contribution in [0.2, 0.25) is 0 Å². The van der Waals surface area contributed by atoms with Gasteiger partial charge in [-0.3, -0.25) is 14.9 Å². The van der Waals surface area contributed by atoms with Crippen molar-refractivity contribution < 1.29 is 28.7 Å². The number of benzene rings is 1. The van der Waals surface area contributed by atoms with E-state index in [1.165, 1.54) is 20.1 Å². The Balaban J connectivity index is 2.15. The van der Waals surface area contributed by atoms with Gasteiger partial charge in [0.15, 0.2) is 17.6 Å². The van der Waals surface area contributed by atoms with Crippen molar-refractivity contribution in [3.63, 3.8) is 0 Å². The van der Waals surface area contributed by atoms with Gasteiger partial charge in [-0.2, -0.15) is 0 Å². The number of nitrogens with one attached hydrogen (secondary N) is 1. The number of rotatable bonds is 8. The van der Waals surface area contributed by atoms with E-state index in [1.807, 2.05) is 0 Å².